The maximum absolute atomic E-state index is 13.1. The van der Waals surface area contributed by atoms with E-state index in [0.717, 1.165) is 0 Å². The molecule has 1 aromatic rings. The Kier molecular flexibility index (Phi) is 3.77. The third kappa shape index (κ3) is 2.46. The minimum atomic E-state index is -0.287. The topological polar surface area (TPSA) is 18.5 Å². The number of methoxy groups -OCH3 is 1. The lowest BCUT2D eigenvalue weighted by molar-refractivity contribution is 0.308. The fourth-order valence-corrected chi connectivity index (χ4v) is 1.38. The van der Waals surface area contributed by atoms with Gasteiger partial charge in [0.2, 0.25) is 0 Å². The summed E-state index contributed by atoms with van der Waals surface area (Å²) in [5, 5.41) is 0. The van der Waals surface area contributed by atoms with Crippen LogP contribution in [0.1, 0.15) is 6.92 Å². The number of hydrogen-bond donors (Lipinski definition) is 0. The summed E-state index contributed by atoms with van der Waals surface area (Å²) in [6.07, 6.45) is 0. The van der Waals surface area contributed by atoms with Crippen LogP contribution < -0.4 is 9.47 Å². The van der Waals surface area contributed by atoms with Crippen molar-refractivity contribution < 1.29 is 13.9 Å². The average Bonchev–Trinajstić information content (AvgIpc) is 2.11. The van der Waals surface area contributed by atoms with Crippen LogP contribution in [0.2, 0.25) is 0 Å². The van der Waals surface area contributed by atoms with E-state index < -0.39 is 0 Å². The quantitative estimate of drug-likeness (QED) is 0.799. The molecule has 0 unspecified atom stereocenters. The summed E-state index contributed by atoms with van der Waals surface area (Å²) in [5.41, 5.74) is 0. The van der Waals surface area contributed by atoms with E-state index in [2.05, 4.69) is 0 Å². The van der Waals surface area contributed by atoms with Gasteiger partial charge in [0.1, 0.15) is 5.82 Å². The van der Waals surface area contributed by atoms with Crippen LogP contribution in [0.15, 0.2) is 12.1 Å². The average molecular weight is 296 g/mol. The van der Waals surface area contributed by atoms with Gasteiger partial charge in [-0.15, -0.1) is 0 Å². The standard InChI is InChI=1S/C9H10FIO2/c1-3-13-9-4-6(10)7(11)5-8(9)12-2/h4-5H,3H2,1-2H3. The monoisotopic (exact) mass is 296 g/mol. The number of ether oxygens (including phenoxy) is 2. The van der Waals surface area contributed by atoms with E-state index >= 15 is 0 Å². The Morgan fingerprint density at radius 1 is 1.38 bits per heavy atom. The molecule has 0 fully saturated rings. The van der Waals surface area contributed by atoms with Crippen molar-refractivity contribution in [1.82, 2.24) is 0 Å². The molecule has 0 aliphatic rings. The van der Waals surface area contributed by atoms with E-state index in [0.29, 0.717) is 21.7 Å². The smallest absolute Gasteiger partial charge is 0.164 e. The molecule has 0 heterocycles. The number of halogens is 2. The van der Waals surface area contributed by atoms with E-state index in [9.17, 15) is 4.39 Å². The molecule has 4 heteroatoms. The zero-order valence-corrected chi connectivity index (χ0v) is 9.59. The van der Waals surface area contributed by atoms with Gasteiger partial charge in [0.15, 0.2) is 11.5 Å². The number of rotatable bonds is 3. The zero-order chi connectivity index (χ0) is 9.84. The largest absolute Gasteiger partial charge is 0.493 e. The molecule has 0 bridgehead atoms. The Bertz CT molecular complexity index is 302. The molecule has 0 atom stereocenters. The lowest BCUT2D eigenvalue weighted by atomic mass is 10.3. The molecule has 1 aromatic carbocycles. The van der Waals surface area contributed by atoms with Crippen LogP contribution >= 0.6 is 22.6 Å². The lowest BCUT2D eigenvalue weighted by Crippen LogP contribution is -1.97. The molecule has 72 valence electrons. The molecular weight excluding hydrogens is 286 g/mol. The van der Waals surface area contributed by atoms with Crippen molar-refractivity contribution in [2.24, 2.45) is 0 Å². The molecular formula is C9H10FIO2. The van der Waals surface area contributed by atoms with Crippen LogP contribution in [-0.2, 0) is 0 Å². The van der Waals surface area contributed by atoms with Gasteiger partial charge in [-0.3, -0.25) is 0 Å². The highest BCUT2D eigenvalue weighted by molar-refractivity contribution is 14.1. The fourth-order valence-electron chi connectivity index (χ4n) is 0.938. The second-order valence-electron chi connectivity index (χ2n) is 2.35. The molecule has 1 rings (SSSR count). The molecule has 0 saturated carbocycles. The van der Waals surface area contributed by atoms with Gasteiger partial charge >= 0.3 is 0 Å². The van der Waals surface area contributed by atoms with Gasteiger partial charge in [0.25, 0.3) is 0 Å². The van der Waals surface area contributed by atoms with E-state index in [1.807, 2.05) is 29.5 Å². The highest BCUT2D eigenvalue weighted by Crippen LogP contribution is 2.30. The Morgan fingerprint density at radius 3 is 2.62 bits per heavy atom. The van der Waals surface area contributed by atoms with Crippen LogP contribution in [0, 0.1) is 9.39 Å². The van der Waals surface area contributed by atoms with Gasteiger partial charge in [0.05, 0.1) is 17.3 Å². The SMILES string of the molecule is CCOc1cc(F)c(I)cc1OC. The highest BCUT2D eigenvalue weighted by Gasteiger charge is 2.08. The maximum Gasteiger partial charge on any atom is 0.164 e. The van der Waals surface area contributed by atoms with E-state index in [1.165, 1.54) is 13.2 Å². The fraction of sp³-hybridized carbons (Fsp3) is 0.333. The second-order valence-corrected chi connectivity index (χ2v) is 3.51. The van der Waals surface area contributed by atoms with Crippen molar-refractivity contribution in [2.75, 3.05) is 13.7 Å². The highest BCUT2D eigenvalue weighted by atomic mass is 127. The van der Waals surface area contributed by atoms with Crippen LogP contribution in [0.3, 0.4) is 0 Å². The molecule has 0 amide bonds. The minimum Gasteiger partial charge on any atom is -0.493 e. The van der Waals surface area contributed by atoms with E-state index in [1.54, 1.807) is 6.07 Å². The number of hydrogen-bond acceptors (Lipinski definition) is 2. The Balaban J connectivity index is 3.09. The molecule has 0 spiro atoms. The second kappa shape index (κ2) is 4.64. The van der Waals surface area contributed by atoms with Crippen molar-refractivity contribution in [3.63, 3.8) is 0 Å². The molecule has 0 aliphatic heterocycles. The first-order chi connectivity index (χ1) is 6.19. The summed E-state index contributed by atoms with van der Waals surface area (Å²) in [5.74, 6) is 0.723. The molecule has 2 nitrogen and oxygen atoms in total. The van der Waals surface area contributed by atoms with Crippen molar-refractivity contribution in [3.05, 3.63) is 21.5 Å². The van der Waals surface area contributed by atoms with Crippen LogP contribution in [0.4, 0.5) is 4.39 Å². The van der Waals surface area contributed by atoms with Gasteiger partial charge in [-0.05, 0) is 29.5 Å². The van der Waals surface area contributed by atoms with Crippen LogP contribution in [0.25, 0.3) is 0 Å². The van der Waals surface area contributed by atoms with Crippen LogP contribution in [-0.4, -0.2) is 13.7 Å². The predicted molar refractivity (Wildman–Crippen MR) is 56.8 cm³/mol. The normalized spacial score (nSPS) is 9.85. The summed E-state index contributed by atoms with van der Waals surface area (Å²) < 4.78 is 23.8. The molecule has 0 aromatic heterocycles. The van der Waals surface area contributed by atoms with Gasteiger partial charge in [-0.25, -0.2) is 4.39 Å². The summed E-state index contributed by atoms with van der Waals surface area (Å²) in [7, 11) is 1.53. The number of benzene rings is 1. The van der Waals surface area contributed by atoms with Crippen LogP contribution in [0.5, 0.6) is 11.5 Å². The summed E-state index contributed by atoms with van der Waals surface area (Å²) in [6.45, 7) is 2.34. The first-order valence-electron chi connectivity index (χ1n) is 3.84. The predicted octanol–water partition coefficient (Wildman–Crippen LogP) is 2.84. The Hall–Kier alpha value is -0.520. The lowest BCUT2D eigenvalue weighted by Gasteiger charge is -2.09. The minimum absolute atomic E-state index is 0.287. The first kappa shape index (κ1) is 10.6. The third-order valence-electron chi connectivity index (χ3n) is 1.51. The van der Waals surface area contributed by atoms with E-state index in [4.69, 9.17) is 9.47 Å². The Labute approximate surface area is 90.2 Å². The Morgan fingerprint density at radius 2 is 2.08 bits per heavy atom. The molecule has 0 saturated heterocycles. The third-order valence-corrected chi connectivity index (χ3v) is 2.33. The van der Waals surface area contributed by atoms with Crippen molar-refractivity contribution in [1.29, 1.82) is 0 Å². The van der Waals surface area contributed by atoms with Crippen molar-refractivity contribution in [2.45, 2.75) is 6.92 Å². The summed E-state index contributed by atoms with van der Waals surface area (Å²) in [6, 6.07) is 2.95. The van der Waals surface area contributed by atoms with E-state index in [-0.39, 0.29) is 5.82 Å². The van der Waals surface area contributed by atoms with Crippen molar-refractivity contribution in [3.8, 4) is 11.5 Å². The molecule has 0 N–H and O–H groups in total. The molecule has 0 radical (unpaired) electrons. The van der Waals surface area contributed by atoms with Crippen molar-refractivity contribution >= 4 is 22.6 Å². The zero-order valence-electron chi connectivity index (χ0n) is 7.43. The summed E-state index contributed by atoms with van der Waals surface area (Å²) in [4.78, 5) is 0. The first-order valence-corrected chi connectivity index (χ1v) is 4.92. The molecule has 0 aliphatic carbocycles. The van der Waals surface area contributed by atoms with Gasteiger partial charge < -0.3 is 9.47 Å². The maximum atomic E-state index is 13.1. The summed E-state index contributed by atoms with van der Waals surface area (Å²) >= 11 is 1.91. The molecule has 13 heavy (non-hydrogen) atoms. The van der Waals surface area contributed by atoms with Gasteiger partial charge in [0, 0.05) is 12.1 Å². The van der Waals surface area contributed by atoms with Gasteiger partial charge in [-0.1, -0.05) is 0 Å². The van der Waals surface area contributed by atoms with Gasteiger partial charge in [-0.2, -0.15) is 0 Å².